The maximum absolute atomic E-state index is 4.43. The maximum atomic E-state index is 4.43. The van der Waals surface area contributed by atoms with Crippen LogP contribution in [0.25, 0.3) is 0 Å². The standard InChI is InChI=1S/C16H23N3/c1-12(2)17-8-16-9-18-19(11-16)10-15-6-13(3)5-14(4)7-15/h5-7,9,11-12,17H,8,10H2,1-4H3. The molecule has 0 atom stereocenters. The fourth-order valence-electron chi connectivity index (χ4n) is 2.25. The van der Waals surface area contributed by atoms with Gasteiger partial charge in [0.1, 0.15) is 0 Å². The van der Waals surface area contributed by atoms with Gasteiger partial charge in [0.05, 0.1) is 12.7 Å². The van der Waals surface area contributed by atoms with Crippen molar-refractivity contribution >= 4 is 0 Å². The Hall–Kier alpha value is -1.61. The third kappa shape index (κ3) is 4.21. The molecule has 3 heteroatoms. The van der Waals surface area contributed by atoms with E-state index in [1.54, 1.807) is 0 Å². The summed E-state index contributed by atoms with van der Waals surface area (Å²) >= 11 is 0. The molecule has 19 heavy (non-hydrogen) atoms. The van der Waals surface area contributed by atoms with Crippen LogP contribution in [0.4, 0.5) is 0 Å². The minimum Gasteiger partial charge on any atom is -0.310 e. The summed E-state index contributed by atoms with van der Waals surface area (Å²) in [5.74, 6) is 0. The second-order valence-corrected chi connectivity index (χ2v) is 5.58. The fraction of sp³-hybridized carbons (Fsp3) is 0.438. The summed E-state index contributed by atoms with van der Waals surface area (Å²) in [5, 5.41) is 7.83. The molecule has 1 heterocycles. The molecule has 2 rings (SSSR count). The molecule has 0 aliphatic rings. The van der Waals surface area contributed by atoms with E-state index in [4.69, 9.17) is 0 Å². The normalized spacial score (nSPS) is 11.2. The van der Waals surface area contributed by atoms with Crippen LogP contribution in [0.3, 0.4) is 0 Å². The molecule has 0 amide bonds. The molecule has 0 radical (unpaired) electrons. The molecule has 2 aromatic rings. The highest BCUT2D eigenvalue weighted by Gasteiger charge is 2.02. The first-order valence-corrected chi connectivity index (χ1v) is 6.85. The first-order chi connectivity index (χ1) is 9.02. The van der Waals surface area contributed by atoms with E-state index < -0.39 is 0 Å². The summed E-state index contributed by atoms with van der Waals surface area (Å²) in [5.41, 5.74) is 5.16. The van der Waals surface area contributed by atoms with Gasteiger partial charge in [0.2, 0.25) is 0 Å². The Morgan fingerprint density at radius 2 is 1.79 bits per heavy atom. The van der Waals surface area contributed by atoms with Gasteiger partial charge in [0.15, 0.2) is 0 Å². The molecular weight excluding hydrogens is 234 g/mol. The highest BCUT2D eigenvalue weighted by atomic mass is 15.3. The Labute approximate surface area is 115 Å². The molecule has 1 N–H and O–H groups in total. The van der Waals surface area contributed by atoms with Crippen molar-refractivity contribution in [2.24, 2.45) is 0 Å². The van der Waals surface area contributed by atoms with Crippen LogP contribution in [0.5, 0.6) is 0 Å². The third-order valence-electron chi connectivity index (χ3n) is 3.03. The summed E-state index contributed by atoms with van der Waals surface area (Å²) in [6, 6.07) is 7.15. The van der Waals surface area contributed by atoms with E-state index in [0.717, 1.165) is 13.1 Å². The van der Waals surface area contributed by atoms with Crippen LogP contribution in [-0.2, 0) is 13.1 Å². The summed E-state index contributed by atoms with van der Waals surface area (Å²) in [6.45, 7) is 10.3. The number of hydrogen-bond acceptors (Lipinski definition) is 2. The highest BCUT2D eigenvalue weighted by molar-refractivity contribution is 5.28. The van der Waals surface area contributed by atoms with Gasteiger partial charge in [0, 0.05) is 24.3 Å². The topological polar surface area (TPSA) is 29.9 Å². The molecule has 102 valence electrons. The van der Waals surface area contributed by atoms with Gasteiger partial charge in [0.25, 0.3) is 0 Å². The molecule has 0 bridgehead atoms. The number of nitrogens with zero attached hydrogens (tertiary/aromatic N) is 2. The molecule has 1 aromatic heterocycles. The van der Waals surface area contributed by atoms with Crippen LogP contribution in [0.15, 0.2) is 30.6 Å². The Balaban J connectivity index is 2.03. The number of aromatic nitrogens is 2. The zero-order chi connectivity index (χ0) is 13.8. The second kappa shape index (κ2) is 6.02. The minimum absolute atomic E-state index is 0.503. The lowest BCUT2D eigenvalue weighted by molar-refractivity contribution is 0.588. The van der Waals surface area contributed by atoms with Crippen LogP contribution in [0.1, 0.15) is 36.1 Å². The average Bonchev–Trinajstić information content (AvgIpc) is 2.72. The molecule has 0 aliphatic heterocycles. The first-order valence-electron chi connectivity index (χ1n) is 6.85. The van der Waals surface area contributed by atoms with Crippen LogP contribution in [0.2, 0.25) is 0 Å². The monoisotopic (exact) mass is 257 g/mol. The van der Waals surface area contributed by atoms with E-state index in [0.29, 0.717) is 6.04 Å². The summed E-state index contributed by atoms with van der Waals surface area (Å²) in [6.07, 6.45) is 4.06. The molecule has 0 saturated heterocycles. The second-order valence-electron chi connectivity index (χ2n) is 5.58. The largest absolute Gasteiger partial charge is 0.310 e. The number of aryl methyl sites for hydroxylation is 2. The Morgan fingerprint density at radius 1 is 1.11 bits per heavy atom. The van der Waals surface area contributed by atoms with Crippen molar-refractivity contribution < 1.29 is 0 Å². The van der Waals surface area contributed by atoms with Crippen molar-refractivity contribution in [2.45, 2.75) is 46.8 Å². The van der Waals surface area contributed by atoms with Crippen LogP contribution in [-0.4, -0.2) is 15.8 Å². The van der Waals surface area contributed by atoms with E-state index in [9.17, 15) is 0 Å². The predicted molar refractivity (Wildman–Crippen MR) is 79.2 cm³/mol. The van der Waals surface area contributed by atoms with Crippen molar-refractivity contribution in [3.05, 3.63) is 52.8 Å². The van der Waals surface area contributed by atoms with Crippen molar-refractivity contribution in [2.75, 3.05) is 0 Å². The Kier molecular flexibility index (Phi) is 4.38. The molecule has 0 unspecified atom stereocenters. The van der Waals surface area contributed by atoms with Crippen molar-refractivity contribution in [3.63, 3.8) is 0 Å². The summed E-state index contributed by atoms with van der Waals surface area (Å²) in [4.78, 5) is 0. The number of benzene rings is 1. The zero-order valence-electron chi connectivity index (χ0n) is 12.3. The number of rotatable bonds is 5. The lowest BCUT2D eigenvalue weighted by Crippen LogP contribution is -2.21. The number of hydrogen-bond donors (Lipinski definition) is 1. The predicted octanol–water partition coefficient (Wildman–Crippen LogP) is 3.05. The Morgan fingerprint density at radius 3 is 2.42 bits per heavy atom. The van der Waals surface area contributed by atoms with Gasteiger partial charge in [-0.1, -0.05) is 43.2 Å². The van der Waals surface area contributed by atoms with Crippen LogP contribution in [0, 0.1) is 13.8 Å². The molecule has 0 fully saturated rings. The first kappa shape index (κ1) is 13.8. The quantitative estimate of drug-likeness (QED) is 0.892. The molecule has 1 aromatic carbocycles. The lowest BCUT2D eigenvalue weighted by atomic mass is 10.1. The van der Waals surface area contributed by atoms with Crippen molar-refractivity contribution in [1.29, 1.82) is 0 Å². The van der Waals surface area contributed by atoms with Gasteiger partial charge in [-0.2, -0.15) is 5.10 Å². The van der Waals surface area contributed by atoms with E-state index >= 15 is 0 Å². The SMILES string of the molecule is Cc1cc(C)cc(Cn2cc(CNC(C)C)cn2)c1. The van der Waals surface area contributed by atoms with Gasteiger partial charge < -0.3 is 5.32 Å². The lowest BCUT2D eigenvalue weighted by Gasteiger charge is -2.06. The van der Waals surface area contributed by atoms with Gasteiger partial charge in [-0.25, -0.2) is 0 Å². The van der Waals surface area contributed by atoms with E-state index in [2.05, 4.69) is 62.5 Å². The molecule has 0 aliphatic carbocycles. The van der Waals surface area contributed by atoms with Crippen molar-refractivity contribution in [3.8, 4) is 0 Å². The fourth-order valence-corrected chi connectivity index (χ4v) is 2.25. The van der Waals surface area contributed by atoms with Crippen molar-refractivity contribution in [1.82, 2.24) is 15.1 Å². The molecule has 0 spiro atoms. The van der Waals surface area contributed by atoms with Gasteiger partial charge in [-0.3, -0.25) is 4.68 Å². The third-order valence-corrected chi connectivity index (χ3v) is 3.03. The Bertz CT molecular complexity index is 520. The smallest absolute Gasteiger partial charge is 0.0659 e. The van der Waals surface area contributed by atoms with Gasteiger partial charge in [-0.15, -0.1) is 0 Å². The van der Waals surface area contributed by atoms with E-state index in [-0.39, 0.29) is 0 Å². The van der Waals surface area contributed by atoms with Crippen LogP contribution >= 0.6 is 0 Å². The number of nitrogens with one attached hydrogen (secondary N) is 1. The molecule has 3 nitrogen and oxygen atoms in total. The van der Waals surface area contributed by atoms with Gasteiger partial charge >= 0.3 is 0 Å². The van der Waals surface area contributed by atoms with Gasteiger partial charge in [-0.05, 0) is 19.4 Å². The molecule has 0 saturated carbocycles. The highest BCUT2D eigenvalue weighted by Crippen LogP contribution is 2.10. The van der Waals surface area contributed by atoms with E-state index in [1.165, 1.54) is 22.3 Å². The maximum Gasteiger partial charge on any atom is 0.0659 e. The minimum atomic E-state index is 0.503. The van der Waals surface area contributed by atoms with E-state index in [1.807, 2.05) is 10.9 Å². The van der Waals surface area contributed by atoms with Crippen LogP contribution < -0.4 is 5.32 Å². The zero-order valence-corrected chi connectivity index (χ0v) is 12.3. The summed E-state index contributed by atoms with van der Waals surface area (Å²) in [7, 11) is 0. The summed E-state index contributed by atoms with van der Waals surface area (Å²) < 4.78 is 2.01. The molecular formula is C16H23N3. The average molecular weight is 257 g/mol.